The van der Waals surface area contributed by atoms with E-state index in [2.05, 4.69) is 4.98 Å². The second kappa shape index (κ2) is 9.66. The van der Waals surface area contributed by atoms with Crippen LogP contribution in [-0.2, 0) is 9.53 Å². The van der Waals surface area contributed by atoms with Gasteiger partial charge < -0.3 is 14.4 Å². The van der Waals surface area contributed by atoms with Crippen molar-refractivity contribution in [3.05, 3.63) is 24.0 Å². The number of nitrogens with zero attached hydrogens (tertiary/aromatic N) is 2. The number of hydrogen-bond acceptors (Lipinski definition) is 5. The summed E-state index contributed by atoms with van der Waals surface area (Å²) in [5.74, 6) is -1.77. The van der Waals surface area contributed by atoms with E-state index in [1.807, 2.05) is 0 Å². The second-order valence-electron chi connectivity index (χ2n) is 7.91. The first-order valence-corrected chi connectivity index (χ1v) is 10.4. The smallest absolute Gasteiger partial charge is 0.391 e. The molecule has 1 amide bonds. The highest BCUT2D eigenvalue weighted by Crippen LogP contribution is 2.40. The van der Waals surface area contributed by atoms with Gasteiger partial charge in [-0.2, -0.15) is 13.2 Å². The maximum Gasteiger partial charge on any atom is 0.391 e. The number of halogens is 3. The van der Waals surface area contributed by atoms with Crippen molar-refractivity contribution in [3.8, 4) is 5.75 Å². The van der Waals surface area contributed by atoms with Gasteiger partial charge in [-0.25, -0.2) is 9.78 Å². The molecule has 3 rings (SSSR count). The third kappa shape index (κ3) is 5.43. The molecule has 0 spiro atoms. The lowest BCUT2D eigenvalue weighted by molar-refractivity contribution is -0.185. The highest BCUT2D eigenvalue weighted by Gasteiger charge is 2.43. The van der Waals surface area contributed by atoms with Gasteiger partial charge in [-0.1, -0.05) is 0 Å². The molecule has 2 aliphatic rings. The van der Waals surface area contributed by atoms with E-state index in [1.165, 1.54) is 6.20 Å². The predicted octanol–water partition coefficient (Wildman–Crippen LogP) is 3.85. The lowest BCUT2D eigenvalue weighted by Gasteiger charge is -2.31. The second-order valence-corrected chi connectivity index (χ2v) is 7.91. The Kier molecular flexibility index (Phi) is 7.20. The molecule has 6 nitrogen and oxygen atoms in total. The van der Waals surface area contributed by atoms with E-state index in [0.29, 0.717) is 38.3 Å². The quantitative estimate of drug-likeness (QED) is 0.644. The summed E-state index contributed by atoms with van der Waals surface area (Å²) >= 11 is 0. The van der Waals surface area contributed by atoms with Crippen LogP contribution < -0.4 is 4.74 Å². The highest BCUT2D eigenvalue weighted by atomic mass is 19.4. The minimum Gasteiger partial charge on any atom is -0.491 e. The van der Waals surface area contributed by atoms with Crippen LogP contribution in [0, 0.1) is 17.8 Å². The summed E-state index contributed by atoms with van der Waals surface area (Å²) in [6.07, 6.45) is -1.30. The summed E-state index contributed by atoms with van der Waals surface area (Å²) in [6.45, 7) is 3.35. The van der Waals surface area contributed by atoms with Crippen LogP contribution in [-0.4, -0.2) is 54.2 Å². The highest BCUT2D eigenvalue weighted by molar-refractivity contribution is 5.90. The average Bonchev–Trinajstić information content (AvgIpc) is 3.20. The van der Waals surface area contributed by atoms with Gasteiger partial charge in [0.2, 0.25) is 5.91 Å². The number of amides is 1. The van der Waals surface area contributed by atoms with Crippen LogP contribution in [0.5, 0.6) is 5.75 Å². The maximum atomic E-state index is 12.8. The van der Waals surface area contributed by atoms with Gasteiger partial charge in [-0.3, -0.25) is 4.79 Å². The number of rotatable bonds is 6. The van der Waals surface area contributed by atoms with Crippen molar-refractivity contribution >= 4 is 11.9 Å². The van der Waals surface area contributed by atoms with Crippen LogP contribution in [0.15, 0.2) is 18.3 Å². The minimum atomic E-state index is -4.17. The molecular weight excluding hydrogens is 401 g/mol. The van der Waals surface area contributed by atoms with Gasteiger partial charge in [-0.05, 0) is 51.2 Å². The van der Waals surface area contributed by atoms with Crippen molar-refractivity contribution in [3.63, 3.8) is 0 Å². The number of pyridine rings is 1. The number of alkyl halides is 3. The molecule has 2 fully saturated rings. The molecule has 1 atom stereocenters. The molecule has 1 aromatic heterocycles. The zero-order valence-corrected chi connectivity index (χ0v) is 17.0. The van der Waals surface area contributed by atoms with E-state index in [9.17, 15) is 22.8 Å². The fourth-order valence-electron chi connectivity index (χ4n) is 4.16. The first-order chi connectivity index (χ1) is 14.3. The van der Waals surface area contributed by atoms with Crippen LogP contribution in [0.2, 0.25) is 0 Å². The molecule has 9 heteroatoms. The van der Waals surface area contributed by atoms with Crippen LogP contribution >= 0.6 is 0 Å². The van der Waals surface area contributed by atoms with Gasteiger partial charge in [0, 0.05) is 31.1 Å². The van der Waals surface area contributed by atoms with Gasteiger partial charge >= 0.3 is 12.1 Å². The number of aromatic nitrogens is 1. The summed E-state index contributed by atoms with van der Waals surface area (Å²) in [4.78, 5) is 30.5. The Morgan fingerprint density at radius 2 is 1.93 bits per heavy atom. The molecule has 166 valence electrons. The van der Waals surface area contributed by atoms with Crippen LogP contribution in [0.4, 0.5) is 13.2 Å². The molecule has 1 aliphatic heterocycles. The predicted molar refractivity (Wildman–Crippen MR) is 102 cm³/mol. The molecule has 1 saturated carbocycles. The van der Waals surface area contributed by atoms with Gasteiger partial charge in [0.05, 0.1) is 19.1 Å². The molecule has 1 saturated heterocycles. The molecule has 1 unspecified atom stereocenters. The van der Waals surface area contributed by atoms with Crippen molar-refractivity contribution in [2.45, 2.75) is 45.2 Å². The van der Waals surface area contributed by atoms with Crippen molar-refractivity contribution < 1.29 is 32.2 Å². The third-order valence-corrected chi connectivity index (χ3v) is 5.85. The van der Waals surface area contributed by atoms with Crippen molar-refractivity contribution in [2.24, 2.45) is 17.8 Å². The zero-order valence-electron chi connectivity index (χ0n) is 17.0. The largest absolute Gasteiger partial charge is 0.491 e. The Labute approximate surface area is 173 Å². The first kappa shape index (κ1) is 22.4. The maximum absolute atomic E-state index is 12.8. The van der Waals surface area contributed by atoms with E-state index in [0.717, 1.165) is 6.42 Å². The summed E-state index contributed by atoms with van der Waals surface area (Å²) in [5, 5.41) is 0. The summed E-state index contributed by atoms with van der Waals surface area (Å²) < 4.78 is 49.2. The molecule has 0 radical (unpaired) electrons. The molecular formula is C21H27F3N2O4. The number of likely N-dealkylation sites (tertiary alicyclic amines) is 1. The molecule has 0 bridgehead atoms. The van der Waals surface area contributed by atoms with Gasteiger partial charge in [0.1, 0.15) is 0 Å². The monoisotopic (exact) mass is 428 g/mol. The number of esters is 1. The molecule has 0 N–H and O–H groups in total. The average molecular weight is 428 g/mol. The van der Waals surface area contributed by atoms with E-state index < -0.39 is 18.1 Å². The van der Waals surface area contributed by atoms with Crippen LogP contribution in [0.3, 0.4) is 0 Å². The van der Waals surface area contributed by atoms with Gasteiger partial charge in [0.25, 0.3) is 0 Å². The van der Waals surface area contributed by atoms with Gasteiger partial charge in [-0.15, -0.1) is 0 Å². The van der Waals surface area contributed by atoms with E-state index in [4.69, 9.17) is 9.47 Å². The summed E-state index contributed by atoms with van der Waals surface area (Å²) in [5.41, 5.74) is 0.117. The Morgan fingerprint density at radius 3 is 2.60 bits per heavy atom. The van der Waals surface area contributed by atoms with Crippen LogP contribution in [0.25, 0.3) is 0 Å². The standard InChI is InChI=1S/C21H27F3N2O4/c1-2-29-20(28)18-17(4-3-10-25-18)30-13-14-9-11-26(12-14)19(27)15-5-7-16(8-6-15)21(22,23)24/h3-4,10,14-16H,2,5-9,11-13H2,1H3/t14?,15-,16-. The van der Waals surface area contributed by atoms with Crippen LogP contribution in [0.1, 0.15) is 49.5 Å². The van der Waals surface area contributed by atoms with E-state index in [-0.39, 0.29) is 42.9 Å². The van der Waals surface area contributed by atoms with Crippen molar-refractivity contribution in [1.82, 2.24) is 9.88 Å². The van der Waals surface area contributed by atoms with E-state index in [1.54, 1.807) is 24.0 Å². The Morgan fingerprint density at radius 1 is 1.20 bits per heavy atom. The normalized spacial score (nSPS) is 24.5. The lowest BCUT2D eigenvalue weighted by atomic mass is 9.81. The Bertz CT molecular complexity index is 748. The Hall–Kier alpha value is -2.32. The summed E-state index contributed by atoms with van der Waals surface area (Å²) in [7, 11) is 0. The number of hydrogen-bond donors (Lipinski definition) is 0. The molecule has 30 heavy (non-hydrogen) atoms. The number of ether oxygens (including phenoxy) is 2. The molecule has 0 aromatic carbocycles. The Balaban J connectivity index is 1.49. The first-order valence-electron chi connectivity index (χ1n) is 10.4. The lowest BCUT2D eigenvalue weighted by Crippen LogP contribution is -2.38. The molecule has 1 aliphatic carbocycles. The minimum absolute atomic E-state index is 0.0257. The zero-order chi connectivity index (χ0) is 21.7. The molecule has 2 heterocycles. The fourth-order valence-corrected chi connectivity index (χ4v) is 4.16. The van der Waals surface area contributed by atoms with Gasteiger partial charge in [0.15, 0.2) is 11.4 Å². The van der Waals surface area contributed by atoms with Crippen molar-refractivity contribution in [2.75, 3.05) is 26.3 Å². The fraction of sp³-hybridized carbons (Fsp3) is 0.667. The van der Waals surface area contributed by atoms with Crippen molar-refractivity contribution in [1.29, 1.82) is 0 Å². The topological polar surface area (TPSA) is 68.7 Å². The number of carbonyl (C=O) groups is 2. The number of carbonyl (C=O) groups excluding carboxylic acids is 2. The third-order valence-electron chi connectivity index (χ3n) is 5.85. The summed E-state index contributed by atoms with van der Waals surface area (Å²) in [6, 6.07) is 3.32. The molecule has 1 aromatic rings. The SMILES string of the molecule is CCOC(=O)c1ncccc1OCC1CCN(C(=O)[C@H]2CC[C@H](C(F)(F)F)CC2)C1. The van der Waals surface area contributed by atoms with E-state index >= 15 is 0 Å².